The van der Waals surface area contributed by atoms with Crippen LogP contribution in [0.15, 0.2) is 59.3 Å². The van der Waals surface area contributed by atoms with Crippen molar-refractivity contribution in [3.63, 3.8) is 0 Å². The highest BCUT2D eigenvalue weighted by atomic mass is 32.1. The fourth-order valence-electron chi connectivity index (χ4n) is 6.86. The molecule has 0 saturated heterocycles. The van der Waals surface area contributed by atoms with Crippen molar-refractivity contribution in [1.29, 1.82) is 0 Å². The van der Waals surface area contributed by atoms with Crippen LogP contribution in [0.4, 0.5) is 0 Å². The third kappa shape index (κ3) is 7.33. The van der Waals surface area contributed by atoms with Crippen LogP contribution in [0.25, 0.3) is 64.1 Å². The van der Waals surface area contributed by atoms with Crippen LogP contribution in [-0.2, 0) is 12.8 Å². The van der Waals surface area contributed by atoms with E-state index >= 15 is 0 Å². The number of hydrogen-bond donors (Lipinski definition) is 0. The first-order valence-electron chi connectivity index (χ1n) is 17.9. The fraction of sp³-hybridized carbons (Fsp3) is 0.400. The van der Waals surface area contributed by atoms with Gasteiger partial charge in [0.1, 0.15) is 33.5 Å². The molecular weight excluding hydrogens is 697 g/mol. The van der Waals surface area contributed by atoms with Crippen molar-refractivity contribution in [2.24, 2.45) is 11.8 Å². The maximum absolute atomic E-state index is 5.67. The van der Waals surface area contributed by atoms with Gasteiger partial charge in [-0.05, 0) is 71.8 Å². The first-order valence-corrected chi connectivity index (χ1v) is 22.0. The summed E-state index contributed by atoms with van der Waals surface area (Å²) in [5.74, 6) is 1.44. The summed E-state index contributed by atoms with van der Waals surface area (Å²) >= 11 is 8.54. The van der Waals surface area contributed by atoms with E-state index in [-0.39, 0.29) is 0 Å². The average Bonchev–Trinajstić information content (AvgIpc) is 3.97. The van der Waals surface area contributed by atoms with Gasteiger partial charge < -0.3 is 0 Å². The van der Waals surface area contributed by atoms with Crippen LogP contribution < -0.4 is 0 Å². The SMILES string of the molecule is CCCCC(CC)Cc1ccc(-c2nc3c(-c4cccs4)c4nsnc4c(-c4cccs4)c3nc2-c2ccc(CC(CC)CCCC)s2)s1. The molecule has 0 fully saturated rings. The van der Waals surface area contributed by atoms with E-state index in [2.05, 4.69) is 87.0 Å². The number of unbranched alkanes of at least 4 members (excludes halogenated alkanes) is 2. The minimum atomic E-state index is 0.719. The van der Waals surface area contributed by atoms with Crippen LogP contribution >= 0.6 is 57.1 Å². The highest BCUT2D eigenvalue weighted by Gasteiger charge is 2.26. The lowest BCUT2D eigenvalue weighted by atomic mass is 9.95. The van der Waals surface area contributed by atoms with Crippen LogP contribution in [0.1, 0.15) is 88.8 Å². The summed E-state index contributed by atoms with van der Waals surface area (Å²) in [6.07, 6.45) is 12.4. The van der Waals surface area contributed by atoms with Gasteiger partial charge in [-0.25, -0.2) is 9.97 Å². The molecule has 4 nitrogen and oxygen atoms in total. The molecule has 0 saturated carbocycles. The fourth-order valence-corrected chi connectivity index (χ4v) is 11.2. The molecule has 0 aliphatic carbocycles. The Labute approximate surface area is 310 Å². The molecule has 2 atom stereocenters. The molecule has 0 aliphatic heterocycles. The van der Waals surface area contributed by atoms with E-state index in [4.69, 9.17) is 18.7 Å². The van der Waals surface area contributed by atoms with E-state index < -0.39 is 0 Å². The van der Waals surface area contributed by atoms with Crippen LogP contribution in [-0.4, -0.2) is 18.7 Å². The number of thiophene rings is 4. The van der Waals surface area contributed by atoms with Crippen molar-refractivity contribution in [1.82, 2.24) is 18.7 Å². The van der Waals surface area contributed by atoms with Crippen molar-refractivity contribution in [3.8, 4) is 42.0 Å². The monoisotopic (exact) mass is 740 g/mol. The molecule has 254 valence electrons. The number of nitrogens with zero attached hydrogens (tertiary/aromatic N) is 4. The molecule has 2 unspecified atom stereocenters. The number of fused-ring (bicyclic) bond motifs is 2. The quantitative estimate of drug-likeness (QED) is 0.0990. The second-order valence-electron chi connectivity index (χ2n) is 13.1. The molecule has 1 aromatic carbocycles. The Bertz CT molecular complexity index is 1950. The second-order valence-corrected chi connectivity index (χ2v) is 17.8. The average molecular weight is 741 g/mol. The summed E-state index contributed by atoms with van der Waals surface area (Å²) in [5, 5.41) is 4.27. The van der Waals surface area contributed by atoms with Gasteiger partial charge in [-0.1, -0.05) is 91.2 Å². The normalized spacial score (nSPS) is 13.1. The molecule has 7 aromatic rings. The van der Waals surface area contributed by atoms with Gasteiger partial charge in [-0.2, -0.15) is 8.75 Å². The van der Waals surface area contributed by atoms with Crippen LogP contribution in [0, 0.1) is 11.8 Å². The van der Waals surface area contributed by atoms with E-state index in [1.807, 2.05) is 22.7 Å². The molecule has 7 rings (SSSR count). The van der Waals surface area contributed by atoms with Crippen LogP contribution in [0.5, 0.6) is 0 Å². The van der Waals surface area contributed by atoms with Crippen molar-refractivity contribution >= 4 is 79.1 Å². The Morgan fingerprint density at radius 2 is 1.02 bits per heavy atom. The lowest BCUT2D eigenvalue weighted by Crippen LogP contribution is -2.01. The van der Waals surface area contributed by atoms with Crippen molar-refractivity contribution in [2.45, 2.75) is 91.9 Å². The van der Waals surface area contributed by atoms with E-state index in [1.165, 1.54) is 82.6 Å². The molecular formula is C40H44N4S5. The molecule has 6 aromatic heterocycles. The van der Waals surface area contributed by atoms with E-state index in [0.29, 0.717) is 0 Å². The van der Waals surface area contributed by atoms with Crippen molar-refractivity contribution in [2.75, 3.05) is 0 Å². The first-order chi connectivity index (χ1) is 24.1. The standard InChI is InChI=1S/C40H44N4S5/c1-5-9-13-25(7-3)23-27-17-19-31(47-27)35-36(32-20-18-28(48-32)24-26(8-4)14-10-6-2)42-38-34(30-16-12-22-46-30)40-39(43-49-44-40)33(37(38)41-35)29-15-11-21-45-29/h11-12,15-22,25-26H,5-10,13-14,23-24H2,1-4H3. The molecule has 0 bridgehead atoms. The lowest BCUT2D eigenvalue weighted by molar-refractivity contribution is 0.452. The third-order valence-corrected chi connectivity index (χ3v) is 14.3. The summed E-state index contributed by atoms with van der Waals surface area (Å²) in [6, 6.07) is 17.9. The Morgan fingerprint density at radius 3 is 1.41 bits per heavy atom. The van der Waals surface area contributed by atoms with Gasteiger partial charge in [-0.15, -0.1) is 45.3 Å². The van der Waals surface area contributed by atoms with Gasteiger partial charge in [-0.3, -0.25) is 0 Å². The van der Waals surface area contributed by atoms with Crippen LogP contribution in [0.2, 0.25) is 0 Å². The Kier molecular flexibility index (Phi) is 11.3. The van der Waals surface area contributed by atoms with Gasteiger partial charge in [0.25, 0.3) is 0 Å². The van der Waals surface area contributed by atoms with Gasteiger partial charge in [0.15, 0.2) is 0 Å². The molecule has 0 N–H and O–H groups in total. The summed E-state index contributed by atoms with van der Waals surface area (Å²) in [6.45, 7) is 9.27. The van der Waals surface area contributed by atoms with E-state index in [9.17, 15) is 0 Å². The van der Waals surface area contributed by atoms with Gasteiger partial charge in [0, 0.05) is 30.6 Å². The van der Waals surface area contributed by atoms with Crippen molar-refractivity contribution < 1.29 is 0 Å². The molecule has 0 spiro atoms. The van der Waals surface area contributed by atoms with Gasteiger partial charge >= 0.3 is 0 Å². The summed E-state index contributed by atoms with van der Waals surface area (Å²) in [4.78, 5) is 18.9. The predicted molar refractivity (Wildman–Crippen MR) is 218 cm³/mol. The molecule has 9 heteroatoms. The van der Waals surface area contributed by atoms with Crippen LogP contribution in [0.3, 0.4) is 0 Å². The minimum Gasteiger partial charge on any atom is -0.242 e. The van der Waals surface area contributed by atoms with E-state index in [0.717, 1.165) is 79.0 Å². The predicted octanol–water partition coefficient (Wildman–Crippen LogP) is 14.1. The largest absolute Gasteiger partial charge is 0.242 e. The number of aromatic nitrogens is 4. The Morgan fingerprint density at radius 1 is 0.551 bits per heavy atom. The Balaban J connectivity index is 1.44. The zero-order valence-electron chi connectivity index (χ0n) is 28.8. The molecule has 0 amide bonds. The summed E-state index contributed by atoms with van der Waals surface area (Å²) in [7, 11) is 0. The van der Waals surface area contributed by atoms with Gasteiger partial charge in [0.2, 0.25) is 0 Å². The maximum Gasteiger partial charge on any atom is 0.116 e. The third-order valence-electron chi connectivity index (χ3n) is 9.72. The first kappa shape index (κ1) is 34.6. The highest BCUT2D eigenvalue weighted by molar-refractivity contribution is 7.16. The number of hydrogen-bond acceptors (Lipinski definition) is 9. The molecule has 6 heterocycles. The number of rotatable bonds is 16. The molecule has 0 aliphatic rings. The zero-order valence-corrected chi connectivity index (χ0v) is 32.9. The topological polar surface area (TPSA) is 51.6 Å². The summed E-state index contributed by atoms with van der Waals surface area (Å²) < 4.78 is 9.78. The second kappa shape index (κ2) is 16.0. The smallest absolute Gasteiger partial charge is 0.116 e. The highest BCUT2D eigenvalue weighted by Crippen LogP contribution is 2.47. The zero-order chi connectivity index (χ0) is 33.7. The minimum absolute atomic E-state index is 0.719. The van der Waals surface area contributed by atoms with Gasteiger partial charge in [0.05, 0.1) is 21.5 Å². The molecule has 0 radical (unpaired) electrons. The summed E-state index contributed by atoms with van der Waals surface area (Å²) in [5.41, 5.74) is 7.72. The number of benzene rings is 1. The maximum atomic E-state index is 5.67. The lowest BCUT2D eigenvalue weighted by Gasteiger charge is -2.14. The molecule has 49 heavy (non-hydrogen) atoms. The van der Waals surface area contributed by atoms with Crippen molar-refractivity contribution in [3.05, 3.63) is 69.0 Å². The Hall–Kier alpha value is -2.82. The van der Waals surface area contributed by atoms with E-state index in [1.54, 1.807) is 22.7 Å².